The summed E-state index contributed by atoms with van der Waals surface area (Å²) in [4.78, 5) is 16.1. The molecule has 0 saturated carbocycles. The molecule has 0 aliphatic heterocycles. The lowest BCUT2D eigenvalue weighted by atomic mass is 10.1. The van der Waals surface area contributed by atoms with Crippen LogP contribution in [0.15, 0.2) is 51.9 Å². The molecule has 25 heavy (non-hydrogen) atoms. The zero-order valence-corrected chi connectivity index (χ0v) is 18.1. The van der Waals surface area contributed by atoms with E-state index in [-0.39, 0.29) is 36.3 Å². The third-order valence-corrected chi connectivity index (χ3v) is 3.77. The van der Waals surface area contributed by atoms with Gasteiger partial charge in [-0.3, -0.25) is 9.79 Å². The van der Waals surface area contributed by atoms with Gasteiger partial charge in [-0.2, -0.15) is 0 Å². The van der Waals surface area contributed by atoms with E-state index >= 15 is 0 Å². The number of guanidine groups is 1. The number of rotatable bonds is 5. The van der Waals surface area contributed by atoms with Crippen LogP contribution in [-0.4, -0.2) is 18.4 Å². The van der Waals surface area contributed by atoms with Gasteiger partial charge >= 0.3 is 0 Å². The first kappa shape index (κ1) is 21.4. The van der Waals surface area contributed by atoms with Crippen LogP contribution in [0.2, 0.25) is 0 Å². The first-order valence-corrected chi connectivity index (χ1v) is 8.42. The number of nitrogens with one attached hydrogen (secondary N) is 2. The van der Waals surface area contributed by atoms with Gasteiger partial charge in [-0.25, -0.2) is 0 Å². The number of halogens is 2. The van der Waals surface area contributed by atoms with Gasteiger partial charge in [-0.15, -0.1) is 24.0 Å². The molecule has 0 heterocycles. The second kappa shape index (κ2) is 10.4. The molecule has 2 aromatic rings. The number of nitrogens with two attached hydrogens (primary N) is 1. The number of benzene rings is 2. The largest absolute Gasteiger partial charge is 0.370 e. The molecule has 2 aromatic carbocycles. The van der Waals surface area contributed by atoms with E-state index in [4.69, 9.17) is 5.73 Å². The van der Waals surface area contributed by atoms with Crippen molar-refractivity contribution < 1.29 is 4.79 Å². The van der Waals surface area contributed by atoms with E-state index in [0.717, 1.165) is 27.0 Å². The number of nitrogens with zero attached hydrogens (tertiary/aromatic N) is 1. The summed E-state index contributed by atoms with van der Waals surface area (Å²) in [6, 6.07) is 13.5. The van der Waals surface area contributed by atoms with Crippen LogP contribution in [0.3, 0.4) is 0 Å². The minimum Gasteiger partial charge on any atom is -0.370 e. The van der Waals surface area contributed by atoms with Gasteiger partial charge in [0.05, 0.1) is 6.54 Å². The van der Waals surface area contributed by atoms with Crippen LogP contribution < -0.4 is 16.4 Å². The minimum atomic E-state index is -0.0970. The molecule has 0 saturated heterocycles. The van der Waals surface area contributed by atoms with Crippen molar-refractivity contribution in [1.29, 1.82) is 0 Å². The fraction of sp³-hybridized carbons (Fsp3) is 0.222. The number of hydrogen-bond acceptors (Lipinski definition) is 2. The van der Waals surface area contributed by atoms with Crippen molar-refractivity contribution in [2.45, 2.75) is 20.3 Å². The van der Waals surface area contributed by atoms with Crippen LogP contribution in [0.25, 0.3) is 0 Å². The molecular formula is C18H22BrIN4O. The summed E-state index contributed by atoms with van der Waals surface area (Å²) in [6.45, 7) is 4.38. The van der Waals surface area contributed by atoms with Crippen molar-refractivity contribution in [2.75, 3.05) is 17.2 Å². The van der Waals surface area contributed by atoms with Gasteiger partial charge in [0.25, 0.3) is 0 Å². The molecule has 1 amide bonds. The van der Waals surface area contributed by atoms with Crippen LogP contribution in [0, 0.1) is 13.8 Å². The summed E-state index contributed by atoms with van der Waals surface area (Å²) in [6.07, 6.45) is 0.269. The Morgan fingerprint density at radius 1 is 1.04 bits per heavy atom. The number of hydrogen-bond donors (Lipinski definition) is 3. The Kier molecular flexibility index (Phi) is 8.91. The number of amides is 1. The van der Waals surface area contributed by atoms with E-state index in [1.54, 1.807) is 0 Å². The Morgan fingerprint density at radius 2 is 1.64 bits per heavy atom. The molecule has 4 N–H and O–H groups in total. The fourth-order valence-corrected chi connectivity index (χ4v) is 2.53. The molecule has 5 nitrogen and oxygen atoms in total. The van der Waals surface area contributed by atoms with Gasteiger partial charge in [0.2, 0.25) is 5.91 Å². The maximum absolute atomic E-state index is 11.9. The Labute approximate surface area is 173 Å². The summed E-state index contributed by atoms with van der Waals surface area (Å²) >= 11 is 3.35. The quantitative estimate of drug-likeness (QED) is 0.312. The smallest absolute Gasteiger partial charge is 0.226 e. The molecule has 0 unspecified atom stereocenters. The van der Waals surface area contributed by atoms with Crippen LogP contribution in [0.5, 0.6) is 0 Å². The van der Waals surface area contributed by atoms with E-state index in [0.29, 0.717) is 12.5 Å². The molecule has 134 valence electrons. The van der Waals surface area contributed by atoms with Crippen LogP contribution in [-0.2, 0) is 4.79 Å². The Balaban J connectivity index is 0.00000312. The summed E-state index contributed by atoms with van der Waals surface area (Å²) in [5.41, 5.74) is 9.82. The standard InChI is InChI=1S/C18H21BrN4O.HI/c1-12-9-13(2)11-16(10-12)23-18(20)21-8-7-17(24)22-15-5-3-14(19)4-6-15;/h3-6,9-11H,7-8H2,1-2H3,(H,22,24)(H3,20,21,23);1H. The lowest BCUT2D eigenvalue weighted by molar-refractivity contribution is -0.116. The number of aliphatic imine (C=N–C) groups is 1. The van der Waals surface area contributed by atoms with Gasteiger partial charge in [-0.05, 0) is 61.4 Å². The second-order valence-electron chi connectivity index (χ2n) is 5.57. The van der Waals surface area contributed by atoms with Crippen LogP contribution in [0.4, 0.5) is 11.4 Å². The third-order valence-electron chi connectivity index (χ3n) is 3.24. The highest BCUT2D eigenvalue weighted by Crippen LogP contribution is 2.14. The minimum absolute atomic E-state index is 0. The molecule has 0 atom stereocenters. The normalized spacial score (nSPS) is 10.8. The predicted octanol–water partition coefficient (Wildman–Crippen LogP) is 4.44. The van der Waals surface area contributed by atoms with Crippen molar-refractivity contribution >= 4 is 63.1 Å². The molecule has 0 fully saturated rings. The molecule has 7 heteroatoms. The predicted molar refractivity (Wildman–Crippen MR) is 119 cm³/mol. The van der Waals surface area contributed by atoms with Crippen LogP contribution in [0.1, 0.15) is 17.5 Å². The Morgan fingerprint density at radius 3 is 2.24 bits per heavy atom. The Bertz CT molecular complexity index is 727. The van der Waals surface area contributed by atoms with Gasteiger partial charge in [-0.1, -0.05) is 22.0 Å². The molecule has 0 aliphatic carbocycles. The monoisotopic (exact) mass is 516 g/mol. The highest BCUT2D eigenvalue weighted by molar-refractivity contribution is 14.0. The van der Waals surface area contributed by atoms with Crippen molar-refractivity contribution in [3.63, 3.8) is 0 Å². The van der Waals surface area contributed by atoms with Gasteiger partial charge in [0.1, 0.15) is 0 Å². The number of anilines is 2. The summed E-state index contributed by atoms with van der Waals surface area (Å²) in [5, 5.41) is 5.86. The zero-order valence-electron chi connectivity index (χ0n) is 14.2. The van der Waals surface area contributed by atoms with Gasteiger partial charge in [0.15, 0.2) is 5.96 Å². The molecule has 0 bridgehead atoms. The molecular weight excluding hydrogens is 495 g/mol. The first-order chi connectivity index (χ1) is 11.4. The lowest BCUT2D eigenvalue weighted by Crippen LogP contribution is -2.23. The number of carbonyl (C=O) groups excluding carboxylic acids is 1. The highest BCUT2D eigenvalue weighted by Gasteiger charge is 2.02. The number of aryl methyl sites for hydroxylation is 2. The topological polar surface area (TPSA) is 79.5 Å². The lowest BCUT2D eigenvalue weighted by Gasteiger charge is -2.08. The summed E-state index contributed by atoms with van der Waals surface area (Å²) < 4.78 is 0.968. The SMILES string of the molecule is Cc1cc(C)cc(NC(N)=NCCC(=O)Nc2ccc(Br)cc2)c1.I. The Hall–Kier alpha value is -1.61. The van der Waals surface area contributed by atoms with E-state index in [9.17, 15) is 4.79 Å². The fourth-order valence-electron chi connectivity index (χ4n) is 2.27. The van der Waals surface area contributed by atoms with Gasteiger partial charge in [0, 0.05) is 22.3 Å². The third kappa shape index (κ3) is 7.87. The highest BCUT2D eigenvalue weighted by atomic mass is 127. The first-order valence-electron chi connectivity index (χ1n) is 7.63. The van der Waals surface area contributed by atoms with E-state index < -0.39 is 0 Å². The maximum Gasteiger partial charge on any atom is 0.226 e. The summed E-state index contributed by atoms with van der Waals surface area (Å²) in [7, 11) is 0. The second-order valence-corrected chi connectivity index (χ2v) is 6.49. The van der Waals surface area contributed by atoms with E-state index in [1.807, 2.05) is 50.2 Å². The van der Waals surface area contributed by atoms with E-state index in [2.05, 4.69) is 37.6 Å². The average molecular weight is 517 g/mol. The maximum atomic E-state index is 11.9. The molecule has 0 aromatic heterocycles. The van der Waals surface area contributed by atoms with E-state index in [1.165, 1.54) is 0 Å². The molecule has 2 rings (SSSR count). The zero-order chi connectivity index (χ0) is 17.5. The van der Waals surface area contributed by atoms with Crippen molar-refractivity contribution in [2.24, 2.45) is 10.7 Å². The number of carbonyl (C=O) groups is 1. The van der Waals surface area contributed by atoms with Crippen molar-refractivity contribution in [1.82, 2.24) is 0 Å². The summed E-state index contributed by atoms with van der Waals surface area (Å²) in [5.74, 6) is 0.205. The van der Waals surface area contributed by atoms with Crippen molar-refractivity contribution in [3.05, 3.63) is 58.1 Å². The average Bonchev–Trinajstić information content (AvgIpc) is 2.48. The molecule has 0 radical (unpaired) electrons. The van der Waals surface area contributed by atoms with Crippen LogP contribution >= 0.6 is 39.9 Å². The molecule has 0 aliphatic rings. The molecule has 0 spiro atoms. The van der Waals surface area contributed by atoms with Crippen molar-refractivity contribution in [3.8, 4) is 0 Å². The van der Waals surface area contributed by atoms with Gasteiger partial charge < -0.3 is 16.4 Å².